The first-order valence-corrected chi connectivity index (χ1v) is 6.25. The molecule has 0 saturated heterocycles. The highest BCUT2D eigenvalue weighted by atomic mass is 16.3. The van der Waals surface area contributed by atoms with Crippen molar-refractivity contribution in [1.29, 1.82) is 0 Å². The van der Waals surface area contributed by atoms with Crippen molar-refractivity contribution in [2.75, 3.05) is 6.61 Å². The molecule has 0 amide bonds. The summed E-state index contributed by atoms with van der Waals surface area (Å²) in [6, 6.07) is 10.6. The maximum Gasteiger partial charge on any atom is 0.0436 e. The number of aliphatic hydroxyl groups is 1. The Bertz CT molecular complexity index is 290. The summed E-state index contributed by atoms with van der Waals surface area (Å²) in [6.07, 6.45) is 3.20. The first-order chi connectivity index (χ1) is 7.59. The van der Waals surface area contributed by atoms with Crippen molar-refractivity contribution in [3.63, 3.8) is 0 Å². The second kappa shape index (κ2) is 6.05. The Morgan fingerprint density at radius 3 is 2.31 bits per heavy atom. The summed E-state index contributed by atoms with van der Waals surface area (Å²) in [7, 11) is 0. The lowest BCUT2D eigenvalue weighted by molar-refractivity contribution is 0.236. The molecule has 1 aromatic carbocycles. The summed E-state index contributed by atoms with van der Waals surface area (Å²) < 4.78 is 0. The molecule has 16 heavy (non-hydrogen) atoms. The van der Waals surface area contributed by atoms with Crippen molar-refractivity contribution >= 4 is 0 Å². The number of benzene rings is 1. The Labute approximate surface area is 99.5 Å². The molecule has 0 aliphatic heterocycles. The second-order valence-electron chi connectivity index (χ2n) is 5.34. The van der Waals surface area contributed by atoms with E-state index in [2.05, 4.69) is 45.0 Å². The minimum atomic E-state index is 0.277. The zero-order valence-electron chi connectivity index (χ0n) is 10.7. The van der Waals surface area contributed by atoms with E-state index in [-0.39, 0.29) is 6.61 Å². The third-order valence-electron chi connectivity index (χ3n) is 3.50. The zero-order valence-corrected chi connectivity index (χ0v) is 10.7. The molecule has 0 fully saturated rings. The van der Waals surface area contributed by atoms with Crippen LogP contribution in [0.15, 0.2) is 30.3 Å². The van der Waals surface area contributed by atoms with Crippen LogP contribution in [0, 0.1) is 5.41 Å². The van der Waals surface area contributed by atoms with Crippen LogP contribution in [-0.4, -0.2) is 11.7 Å². The largest absolute Gasteiger partial charge is 0.396 e. The highest BCUT2D eigenvalue weighted by molar-refractivity contribution is 5.19. The van der Waals surface area contributed by atoms with Crippen molar-refractivity contribution in [2.45, 2.75) is 46.0 Å². The molecule has 0 bridgehead atoms. The van der Waals surface area contributed by atoms with E-state index >= 15 is 0 Å². The molecular formula is C15H24O. The molecule has 1 atom stereocenters. The van der Waals surface area contributed by atoms with E-state index in [4.69, 9.17) is 5.11 Å². The Morgan fingerprint density at radius 1 is 1.19 bits per heavy atom. The molecule has 0 saturated carbocycles. The molecule has 1 heteroatoms. The molecule has 0 aromatic heterocycles. The van der Waals surface area contributed by atoms with Crippen LogP contribution >= 0.6 is 0 Å². The monoisotopic (exact) mass is 220 g/mol. The van der Waals surface area contributed by atoms with Crippen LogP contribution in [-0.2, 0) is 0 Å². The molecular weight excluding hydrogens is 196 g/mol. The first kappa shape index (κ1) is 13.2. The van der Waals surface area contributed by atoms with Crippen LogP contribution in [0.4, 0.5) is 0 Å². The molecule has 1 aromatic rings. The lowest BCUT2D eigenvalue weighted by atomic mass is 9.77. The maximum absolute atomic E-state index is 9.17. The third kappa shape index (κ3) is 3.97. The lowest BCUT2D eigenvalue weighted by Gasteiger charge is -2.28. The van der Waals surface area contributed by atoms with Crippen molar-refractivity contribution in [2.24, 2.45) is 5.41 Å². The van der Waals surface area contributed by atoms with Crippen LogP contribution in [0.2, 0.25) is 0 Å². The summed E-state index contributed by atoms with van der Waals surface area (Å²) in [5, 5.41) is 9.17. The predicted octanol–water partition coefficient (Wildman–Crippen LogP) is 3.98. The van der Waals surface area contributed by atoms with E-state index in [0.717, 1.165) is 12.8 Å². The highest BCUT2D eigenvalue weighted by Crippen LogP contribution is 2.35. The Balaban J connectivity index is 2.76. The second-order valence-corrected chi connectivity index (χ2v) is 5.34. The Morgan fingerprint density at radius 2 is 1.81 bits per heavy atom. The molecule has 1 unspecified atom stereocenters. The summed E-state index contributed by atoms with van der Waals surface area (Å²) in [5.74, 6) is 0.487. The number of rotatable bonds is 6. The maximum atomic E-state index is 9.17. The van der Waals surface area contributed by atoms with Gasteiger partial charge in [-0.2, -0.15) is 0 Å². The Kier molecular flexibility index (Phi) is 5.01. The molecule has 90 valence electrons. The van der Waals surface area contributed by atoms with Crippen LogP contribution in [0.5, 0.6) is 0 Å². The van der Waals surface area contributed by atoms with Gasteiger partial charge in [0.05, 0.1) is 0 Å². The van der Waals surface area contributed by atoms with Crippen molar-refractivity contribution in [3.8, 4) is 0 Å². The van der Waals surface area contributed by atoms with Gasteiger partial charge in [-0.05, 0) is 29.7 Å². The summed E-state index contributed by atoms with van der Waals surface area (Å²) >= 11 is 0. The van der Waals surface area contributed by atoms with E-state index in [1.54, 1.807) is 0 Å². The molecule has 1 rings (SSSR count). The zero-order chi connectivity index (χ0) is 12.0. The molecule has 0 radical (unpaired) electrons. The topological polar surface area (TPSA) is 20.2 Å². The highest BCUT2D eigenvalue weighted by Gasteiger charge is 2.22. The van der Waals surface area contributed by atoms with E-state index in [0.29, 0.717) is 11.3 Å². The lowest BCUT2D eigenvalue weighted by Crippen LogP contribution is -2.16. The van der Waals surface area contributed by atoms with Gasteiger partial charge in [0, 0.05) is 6.61 Å². The average molecular weight is 220 g/mol. The predicted molar refractivity (Wildman–Crippen MR) is 69.6 cm³/mol. The first-order valence-electron chi connectivity index (χ1n) is 6.25. The molecule has 0 heterocycles. The van der Waals surface area contributed by atoms with Crippen LogP contribution in [0.1, 0.15) is 51.5 Å². The smallest absolute Gasteiger partial charge is 0.0436 e. The number of hydrogen-bond acceptors (Lipinski definition) is 1. The van der Waals surface area contributed by atoms with Crippen molar-refractivity contribution < 1.29 is 5.11 Å². The molecule has 0 aliphatic rings. The molecule has 1 nitrogen and oxygen atoms in total. The fourth-order valence-corrected chi connectivity index (χ4v) is 2.08. The van der Waals surface area contributed by atoms with Gasteiger partial charge in [-0.1, -0.05) is 57.5 Å². The summed E-state index contributed by atoms with van der Waals surface area (Å²) in [6.45, 7) is 7.13. The average Bonchev–Trinajstić information content (AvgIpc) is 2.29. The molecule has 0 aliphatic carbocycles. The van der Waals surface area contributed by atoms with Gasteiger partial charge >= 0.3 is 0 Å². The van der Waals surface area contributed by atoms with Crippen LogP contribution < -0.4 is 0 Å². The van der Waals surface area contributed by atoms with Gasteiger partial charge in [0.25, 0.3) is 0 Å². The van der Waals surface area contributed by atoms with Gasteiger partial charge in [0.15, 0.2) is 0 Å². The molecule has 0 spiro atoms. The van der Waals surface area contributed by atoms with Crippen LogP contribution in [0.25, 0.3) is 0 Å². The van der Waals surface area contributed by atoms with E-state index in [1.807, 2.05) is 6.07 Å². The quantitative estimate of drug-likeness (QED) is 0.769. The Hall–Kier alpha value is -0.820. The normalized spacial score (nSPS) is 13.8. The molecule has 1 N–H and O–H groups in total. The van der Waals surface area contributed by atoms with Gasteiger partial charge in [0.2, 0.25) is 0 Å². The van der Waals surface area contributed by atoms with Gasteiger partial charge in [0.1, 0.15) is 0 Å². The minimum Gasteiger partial charge on any atom is -0.396 e. The van der Waals surface area contributed by atoms with Crippen molar-refractivity contribution in [1.82, 2.24) is 0 Å². The van der Waals surface area contributed by atoms with E-state index in [1.165, 1.54) is 12.0 Å². The number of hydrogen-bond donors (Lipinski definition) is 1. The van der Waals surface area contributed by atoms with Crippen LogP contribution in [0.3, 0.4) is 0 Å². The van der Waals surface area contributed by atoms with Crippen molar-refractivity contribution in [3.05, 3.63) is 35.9 Å². The van der Waals surface area contributed by atoms with E-state index < -0.39 is 0 Å². The third-order valence-corrected chi connectivity index (χ3v) is 3.50. The van der Waals surface area contributed by atoms with E-state index in [9.17, 15) is 0 Å². The standard InChI is InChI=1S/C15H24O/c1-4-15(2,3)12-14(10-11-16)13-8-6-5-7-9-13/h5-9,14,16H,4,10-12H2,1-3H3. The van der Waals surface area contributed by atoms with Gasteiger partial charge in [-0.15, -0.1) is 0 Å². The fourth-order valence-electron chi connectivity index (χ4n) is 2.08. The minimum absolute atomic E-state index is 0.277. The van der Waals surface area contributed by atoms with Gasteiger partial charge in [-0.3, -0.25) is 0 Å². The SMILES string of the molecule is CCC(C)(C)CC(CCO)c1ccccc1. The number of aliphatic hydroxyl groups excluding tert-OH is 1. The fraction of sp³-hybridized carbons (Fsp3) is 0.600. The summed E-state index contributed by atoms with van der Waals surface area (Å²) in [5.41, 5.74) is 1.72. The van der Waals surface area contributed by atoms with Gasteiger partial charge < -0.3 is 5.11 Å². The summed E-state index contributed by atoms with van der Waals surface area (Å²) in [4.78, 5) is 0. The van der Waals surface area contributed by atoms with Gasteiger partial charge in [-0.25, -0.2) is 0 Å².